The van der Waals surface area contributed by atoms with Crippen molar-refractivity contribution >= 4 is 92.8 Å². The van der Waals surface area contributed by atoms with E-state index in [0.29, 0.717) is 94.7 Å². The van der Waals surface area contributed by atoms with Crippen LogP contribution < -0.4 is 38.5 Å². The number of amides is 4. The van der Waals surface area contributed by atoms with Crippen LogP contribution in [0.5, 0.6) is 23.0 Å². The van der Waals surface area contributed by atoms with Crippen LogP contribution in [0.3, 0.4) is 0 Å². The first-order valence-corrected chi connectivity index (χ1v) is 32.0. The van der Waals surface area contributed by atoms with E-state index in [9.17, 15) is 19.2 Å². The first-order chi connectivity index (χ1) is 44.7. The lowest BCUT2D eigenvalue weighted by molar-refractivity contribution is 0.0739. The van der Waals surface area contributed by atoms with Gasteiger partial charge in [-0.2, -0.15) is 0 Å². The minimum atomic E-state index is 0.0568. The summed E-state index contributed by atoms with van der Waals surface area (Å²) in [5.74, 6) is 3.69. The number of methoxy groups -OCH3 is 4. The molecule has 8 aromatic rings. The molecule has 0 bridgehead atoms. The van der Waals surface area contributed by atoms with Crippen molar-refractivity contribution in [2.24, 2.45) is 0 Å². The highest BCUT2D eigenvalue weighted by atomic mass is 35.5. The zero-order valence-corrected chi connectivity index (χ0v) is 55.2. The van der Waals surface area contributed by atoms with Crippen LogP contribution in [0, 0.1) is 0 Å². The number of piperazine rings is 4. The Kier molecular flexibility index (Phi) is 24.6. The van der Waals surface area contributed by atoms with Crippen molar-refractivity contribution in [2.45, 2.75) is 0 Å². The average molecular weight is 1320 g/mol. The Labute approximate surface area is 559 Å². The van der Waals surface area contributed by atoms with E-state index in [-0.39, 0.29) is 23.6 Å². The monoisotopic (exact) mass is 1320 g/mol. The molecule has 0 aromatic heterocycles. The second-order valence-corrected chi connectivity index (χ2v) is 23.6. The van der Waals surface area contributed by atoms with Gasteiger partial charge in [-0.15, -0.1) is 0 Å². The first kappa shape index (κ1) is 67.6. The van der Waals surface area contributed by atoms with Crippen LogP contribution >= 0.6 is 46.4 Å². The lowest BCUT2D eigenvalue weighted by Crippen LogP contribution is -2.48. The lowest BCUT2D eigenvalue weighted by atomic mass is 10.1. The minimum absolute atomic E-state index is 0.0568. The van der Waals surface area contributed by atoms with Crippen molar-refractivity contribution in [1.29, 1.82) is 0 Å². The molecular formula is C72H76Cl4N8O8. The fourth-order valence-electron chi connectivity index (χ4n) is 11.3. The quantitative estimate of drug-likeness (QED) is 0.115. The molecule has 4 heterocycles. The molecule has 0 unspecified atom stereocenters. The van der Waals surface area contributed by atoms with Crippen LogP contribution in [0.4, 0.5) is 22.7 Å². The van der Waals surface area contributed by atoms with Crippen molar-refractivity contribution in [3.8, 4) is 23.0 Å². The summed E-state index contributed by atoms with van der Waals surface area (Å²) < 4.78 is 21.7. The zero-order valence-electron chi connectivity index (χ0n) is 52.1. The summed E-state index contributed by atoms with van der Waals surface area (Å²) in [5, 5.41) is 2.56. The topological polar surface area (TPSA) is 131 Å². The van der Waals surface area contributed by atoms with Gasteiger partial charge >= 0.3 is 0 Å². The van der Waals surface area contributed by atoms with Gasteiger partial charge in [0, 0.05) is 147 Å². The zero-order chi connectivity index (χ0) is 64.9. The van der Waals surface area contributed by atoms with Gasteiger partial charge in [0.2, 0.25) is 0 Å². The third kappa shape index (κ3) is 17.8. The number of hydrogen-bond acceptors (Lipinski definition) is 12. The standard InChI is InChI=1S/4C18H19ClN2O2/c4*1-23-17-5-3-2-4-16(17)20-10-12-21(13-11-20)18(22)14-6-8-15(19)9-7-14/h4*2-9H,10-13H2,1H3. The van der Waals surface area contributed by atoms with Crippen molar-refractivity contribution in [2.75, 3.05) is 153 Å². The lowest BCUT2D eigenvalue weighted by Gasteiger charge is -2.36. The van der Waals surface area contributed by atoms with Gasteiger partial charge in [0.25, 0.3) is 23.6 Å². The molecule has 4 saturated heterocycles. The molecule has 480 valence electrons. The Bertz CT molecular complexity index is 3200. The molecule has 0 saturated carbocycles. The Hall–Kier alpha value is -8.80. The molecule has 0 radical (unpaired) electrons. The Morgan fingerprint density at radius 2 is 0.413 bits per heavy atom. The summed E-state index contributed by atoms with van der Waals surface area (Å²) in [6, 6.07) is 60.1. The fraction of sp³-hybridized carbons (Fsp3) is 0.278. The molecule has 16 nitrogen and oxygen atoms in total. The molecule has 4 fully saturated rings. The fourth-order valence-corrected chi connectivity index (χ4v) is 11.8. The van der Waals surface area contributed by atoms with Crippen LogP contribution in [-0.4, -0.2) is 176 Å². The van der Waals surface area contributed by atoms with Crippen LogP contribution in [0.15, 0.2) is 194 Å². The van der Waals surface area contributed by atoms with E-state index in [1.807, 2.05) is 92.4 Å². The van der Waals surface area contributed by atoms with Crippen LogP contribution in [0.2, 0.25) is 20.1 Å². The largest absolute Gasteiger partial charge is 0.495 e. The number of benzene rings is 8. The van der Waals surface area contributed by atoms with E-state index in [2.05, 4.69) is 43.9 Å². The maximum absolute atomic E-state index is 12.5. The molecule has 8 aromatic carbocycles. The molecule has 0 N–H and O–H groups in total. The normalized spacial score (nSPS) is 14.7. The van der Waals surface area contributed by atoms with E-state index in [0.717, 1.165) is 98.1 Å². The third-order valence-electron chi connectivity index (χ3n) is 16.3. The molecular weight excluding hydrogens is 1250 g/mol. The second-order valence-electron chi connectivity index (χ2n) is 21.8. The number of halogens is 4. The SMILES string of the molecule is COc1ccccc1N1CCN(C(=O)c2ccc(Cl)cc2)CC1.COc1ccccc1N1CCN(C(=O)c2ccc(Cl)cc2)CC1.COc1ccccc1N1CCN(C(=O)c2ccc(Cl)cc2)CC1.COc1ccccc1N1CCN(C(=O)c2ccc(Cl)cc2)CC1. The van der Waals surface area contributed by atoms with Gasteiger partial charge in [0.1, 0.15) is 23.0 Å². The molecule has 0 atom stereocenters. The van der Waals surface area contributed by atoms with Gasteiger partial charge in [-0.25, -0.2) is 0 Å². The number of carbonyl (C=O) groups excluding carboxylic acids is 4. The van der Waals surface area contributed by atoms with Crippen molar-refractivity contribution in [3.05, 3.63) is 236 Å². The number of nitrogens with zero attached hydrogens (tertiary/aromatic N) is 8. The van der Waals surface area contributed by atoms with Gasteiger partial charge in [-0.05, 0) is 146 Å². The van der Waals surface area contributed by atoms with E-state index >= 15 is 0 Å². The van der Waals surface area contributed by atoms with Gasteiger partial charge in [0.15, 0.2) is 0 Å². The van der Waals surface area contributed by atoms with E-state index in [1.165, 1.54) is 0 Å². The number of anilines is 4. The number of hydrogen-bond donors (Lipinski definition) is 0. The third-order valence-corrected chi connectivity index (χ3v) is 17.3. The molecule has 4 aliphatic rings. The summed E-state index contributed by atoms with van der Waals surface area (Å²) in [6.07, 6.45) is 0. The maximum atomic E-state index is 12.5. The minimum Gasteiger partial charge on any atom is -0.495 e. The second kappa shape index (κ2) is 33.5. The average Bonchev–Trinajstić information content (AvgIpc) is 1.47. The van der Waals surface area contributed by atoms with Crippen LogP contribution in [0.25, 0.3) is 0 Å². The number of rotatable bonds is 12. The van der Waals surface area contributed by atoms with Crippen LogP contribution in [-0.2, 0) is 0 Å². The summed E-state index contributed by atoms with van der Waals surface area (Å²) in [6.45, 7) is 11.9. The van der Waals surface area contributed by atoms with Crippen molar-refractivity contribution in [1.82, 2.24) is 19.6 Å². The molecule has 0 aliphatic carbocycles. The molecule has 4 aliphatic heterocycles. The summed E-state index contributed by atoms with van der Waals surface area (Å²) in [7, 11) is 6.72. The Morgan fingerprint density at radius 1 is 0.250 bits per heavy atom. The molecule has 12 rings (SSSR count). The van der Waals surface area contributed by atoms with Crippen molar-refractivity contribution in [3.63, 3.8) is 0 Å². The van der Waals surface area contributed by atoms with E-state index < -0.39 is 0 Å². The first-order valence-electron chi connectivity index (χ1n) is 30.5. The highest BCUT2D eigenvalue weighted by Gasteiger charge is 2.28. The smallest absolute Gasteiger partial charge is 0.253 e. The predicted octanol–water partition coefficient (Wildman–Crippen LogP) is 13.2. The van der Waals surface area contributed by atoms with Gasteiger partial charge in [-0.3, -0.25) is 19.2 Å². The number of carbonyl (C=O) groups is 4. The van der Waals surface area contributed by atoms with Gasteiger partial charge in [0.05, 0.1) is 51.2 Å². The summed E-state index contributed by atoms with van der Waals surface area (Å²) in [5.41, 5.74) is 7.03. The maximum Gasteiger partial charge on any atom is 0.253 e. The Balaban J connectivity index is 0.000000145. The van der Waals surface area contributed by atoms with Crippen LogP contribution in [0.1, 0.15) is 41.4 Å². The van der Waals surface area contributed by atoms with Gasteiger partial charge in [-0.1, -0.05) is 94.9 Å². The molecule has 0 spiro atoms. The number of para-hydroxylation sites is 8. The van der Waals surface area contributed by atoms with E-state index in [4.69, 9.17) is 65.4 Å². The molecule has 4 amide bonds. The van der Waals surface area contributed by atoms with Gasteiger partial charge < -0.3 is 58.1 Å². The molecule has 92 heavy (non-hydrogen) atoms. The highest BCUT2D eigenvalue weighted by Crippen LogP contribution is 2.33. The summed E-state index contributed by atoms with van der Waals surface area (Å²) in [4.78, 5) is 66.6. The Morgan fingerprint density at radius 3 is 0.576 bits per heavy atom. The number of ether oxygens (including phenoxy) is 4. The highest BCUT2D eigenvalue weighted by molar-refractivity contribution is 6.31. The molecule has 20 heteroatoms. The summed E-state index contributed by atoms with van der Waals surface area (Å²) >= 11 is 23.5. The van der Waals surface area contributed by atoms with E-state index in [1.54, 1.807) is 126 Å². The van der Waals surface area contributed by atoms with Crippen molar-refractivity contribution < 1.29 is 38.1 Å². The predicted molar refractivity (Wildman–Crippen MR) is 370 cm³/mol.